The van der Waals surface area contributed by atoms with Gasteiger partial charge in [-0.1, -0.05) is 61.4 Å². The van der Waals surface area contributed by atoms with Crippen molar-refractivity contribution in [3.63, 3.8) is 0 Å². The van der Waals surface area contributed by atoms with Crippen LogP contribution in [-0.2, 0) is 4.79 Å². The molecule has 0 spiro atoms. The fourth-order valence-electron chi connectivity index (χ4n) is 5.10. The molecule has 3 heteroatoms. The van der Waals surface area contributed by atoms with Gasteiger partial charge in [0.15, 0.2) is 0 Å². The van der Waals surface area contributed by atoms with Gasteiger partial charge in [-0.15, -0.1) is 0 Å². The van der Waals surface area contributed by atoms with Crippen molar-refractivity contribution in [3.05, 3.63) is 66.2 Å². The summed E-state index contributed by atoms with van der Waals surface area (Å²) in [6, 6.07) is 21.4. The number of carbonyl (C=O) groups is 1. The summed E-state index contributed by atoms with van der Waals surface area (Å²) in [5.41, 5.74) is 2.50. The minimum Gasteiger partial charge on any atom is -0.385 e. The van der Waals surface area contributed by atoms with Crippen molar-refractivity contribution in [3.8, 4) is 0 Å². The predicted octanol–water partition coefficient (Wildman–Crippen LogP) is 4.97. The molecular formula is C24H30N2O. The zero-order chi connectivity index (χ0) is 18.5. The zero-order valence-corrected chi connectivity index (χ0v) is 15.9. The van der Waals surface area contributed by atoms with E-state index in [1.807, 2.05) is 18.2 Å². The van der Waals surface area contributed by atoms with Gasteiger partial charge in [0.2, 0.25) is 5.91 Å². The number of carbonyl (C=O) groups excluding carboxylic acids is 1. The Balaban J connectivity index is 1.45. The standard InChI is InChI=1S/C24H30N2O/c27-24-21(15-9-17-25-19-12-5-2-6-13-19)23(18-10-3-1-4-11-18)20-14-7-8-16-22(20)26-24/h1-6,10-13,20-23,25H,7-9,14-17H2,(H,26,27)/t20-,21+,22-,23+/m0/s1. The molecule has 1 heterocycles. The van der Waals surface area contributed by atoms with E-state index in [0.29, 0.717) is 17.9 Å². The van der Waals surface area contributed by atoms with E-state index in [9.17, 15) is 4.79 Å². The van der Waals surface area contributed by atoms with Gasteiger partial charge >= 0.3 is 0 Å². The summed E-state index contributed by atoms with van der Waals surface area (Å²) in [5.74, 6) is 1.31. The first kappa shape index (κ1) is 18.1. The third kappa shape index (κ3) is 4.18. The van der Waals surface area contributed by atoms with E-state index in [1.165, 1.54) is 24.8 Å². The van der Waals surface area contributed by atoms with Gasteiger partial charge in [0, 0.05) is 30.1 Å². The number of anilines is 1. The number of rotatable bonds is 6. The molecule has 27 heavy (non-hydrogen) atoms. The normalized spacial score (nSPS) is 27.5. The van der Waals surface area contributed by atoms with Gasteiger partial charge in [0.05, 0.1) is 0 Å². The van der Waals surface area contributed by atoms with E-state index in [-0.39, 0.29) is 11.8 Å². The van der Waals surface area contributed by atoms with Crippen LogP contribution in [0, 0.1) is 11.8 Å². The van der Waals surface area contributed by atoms with Crippen LogP contribution in [0.15, 0.2) is 60.7 Å². The molecule has 2 fully saturated rings. The van der Waals surface area contributed by atoms with E-state index in [2.05, 4.69) is 53.1 Å². The number of fused-ring (bicyclic) bond motifs is 1. The summed E-state index contributed by atoms with van der Waals surface area (Å²) in [6.45, 7) is 0.906. The van der Waals surface area contributed by atoms with Crippen molar-refractivity contribution in [1.82, 2.24) is 5.32 Å². The first-order valence-electron chi connectivity index (χ1n) is 10.5. The quantitative estimate of drug-likeness (QED) is 0.713. The van der Waals surface area contributed by atoms with Crippen LogP contribution in [0.5, 0.6) is 0 Å². The molecule has 1 saturated heterocycles. The Morgan fingerprint density at radius 3 is 2.41 bits per heavy atom. The van der Waals surface area contributed by atoms with Crippen LogP contribution in [0.2, 0.25) is 0 Å². The molecule has 2 aromatic carbocycles. The molecule has 1 amide bonds. The second-order valence-corrected chi connectivity index (χ2v) is 8.04. The van der Waals surface area contributed by atoms with E-state index in [4.69, 9.17) is 0 Å². The van der Waals surface area contributed by atoms with Crippen molar-refractivity contribution >= 4 is 11.6 Å². The molecule has 0 aromatic heterocycles. The number of nitrogens with one attached hydrogen (secondary N) is 2. The van der Waals surface area contributed by atoms with Gasteiger partial charge < -0.3 is 10.6 Å². The monoisotopic (exact) mass is 362 g/mol. The van der Waals surface area contributed by atoms with Crippen LogP contribution in [0.25, 0.3) is 0 Å². The lowest BCUT2D eigenvalue weighted by molar-refractivity contribution is -0.131. The van der Waals surface area contributed by atoms with Gasteiger partial charge in [-0.3, -0.25) is 4.79 Å². The van der Waals surface area contributed by atoms with Crippen molar-refractivity contribution in [2.24, 2.45) is 11.8 Å². The largest absolute Gasteiger partial charge is 0.385 e. The number of para-hydroxylation sites is 1. The molecular weight excluding hydrogens is 332 g/mol. The molecule has 3 nitrogen and oxygen atoms in total. The zero-order valence-electron chi connectivity index (χ0n) is 15.9. The first-order valence-corrected chi connectivity index (χ1v) is 10.5. The van der Waals surface area contributed by atoms with E-state index in [0.717, 1.165) is 31.5 Å². The summed E-state index contributed by atoms with van der Waals surface area (Å²) in [5, 5.41) is 6.85. The molecule has 1 aliphatic heterocycles. The maximum atomic E-state index is 13.0. The van der Waals surface area contributed by atoms with Gasteiger partial charge in [-0.05, 0) is 49.3 Å². The van der Waals surface area contributed by atoms with Crippen LogP contribution < -0.4 is 10.6 Å². The maximum Gasteiger partial charge on any atom is 0.223 e. The van der Waals surface area contributed by atoms with Gasteiger partial charge in [0.1, 0.15) is 0 Å². The Bertz CT molecular complexity index is 731. The average Bonchev–Trinajstić information content (AvgIpc) is 2.72. The van der Waals surface area contributed by atoms with Gasteiger partial charge in [-0.2, -0.15) is 0 Å². The maximum absolute atomic E-state index is 13.0. The lowest BCUT2D eigenvalue weighted by Crippen LogP contribution is -2.54. The molecule has 1 saturated carbocycles. The summed E-state index contributed by atoms with van der Waals surface area (Å²) >= 11 is 0. The van der Waals surface area contributed by atoms with Crippen molar-refractivity contribution in [2.75, 3.05) is 11.9 Å². The second-order valence-electron chi connectivity index (χ2n) is 8.04. The molecule has 2 aliphatic rings. The smallest absolute Gasteiger partial charge is 0.223 e. The molecule has 2 N–H and O–H groups in total. The van der Waals surface area contributed by atoms with E-state index >= 15 is 0 Å². The van der Waals surface area contributed by atoms with Crippen LogP contribution in [0.4, 0.5) is 5.69 Å². The molecule has 0 unspecified atom stereocenters. The number of hydrogen-bond donors (Lipinski definition) is 2. The molecule has 4 atom stereocenters. The third-order valence-corrected chi connectivity index (χ3v) is 6.36. The fraction of sp³-hybridized carbons (Fsp3) is 0.458. The summed E-state index contributed by atoms with van der Waals surface area (Å²) < 4.78 is 0. The van der Waals surface area contributed by atoms with Crippen molar-refractivity contribution in [2.45, 2.75) is 50.5 Å². The van der Waals surface area contributed by atoms with Gasteiger partial charge in [0.25, 0.3) is 0 Å². The molecule has 142 valence electrons. The lowest BCUT2D eigenvalue weighted by atomic mass is 9.65. The molecule has 0 radical (unpaired) electrons. The fourth-order valence-corrected chi connectivity index (χ4v) is 5.10. The van der Waals surface area contributed by atoms with Crippen LogP contribution in [0.1, 0.15) is 50.0 Å². The molecule has 2 aromatic rings. The minimum atomic E-state index is 0.0873. The highest BCUT2D eigenvalue weighted by Gasteiger charge is 2.44. The molecule has 1 aliphatic carbocycles. The number of piperidine rings is 1. The summed E-state index contributed by atoms with van der Waals surface area (Å²) in [7, 11) is 0. The lowest BCUT2D eigenvalue weighted by Gasteiger charge is -2.46. The van der Waals surface area contributed by atoms with E-state index in [1.54, 1.807) is 0 Å². The Hall–Kier alpha value is -2.29. The van der Waals surface area contributed by atoms with Crippen molar-refractivity contribution < 1.29 is 4.79 Å². The predicted molar refractivity (Wildman–Crippen MR) is 111 cm³/mol. The average molecular weight is 363 g/mol. The molecule has 4 rings (SSSR count). The Morgan fingerprint density at radius 1 is 0.926 bits per heavy atom. The number of amides is 1. The number of benzene rings is 2. The van der Waals surface area contributed by atoms with E-state index < -0.39 is 0 Å². The third-order valence-electron chi connectivity index (χ3n) is 6.36. The van der Waals surface area contributed by atoms with Crippen molar-refractivity contribution in [1.29, 1.82) is 0 Å². The minimum absolute atomic E-state index is 0.0873. The first-order chi connectivity index (χ1) is 13.3. The van der Waals surface area contributed by atoms with Crippen LogP contribution in [0.3, 0.4) is 0 Å². The van der Waals surface area contributed by atoms with Gasteiger partial charge in [-0.25, -0.2) is 0 Å². The summed E-state index contributed by atoms with van der Waals surface area (Å²) in [6.07, 6.45) is 6.87. The highest BCUT2D eigenvalue weighted by atomic mass is 16.2. The summed E-state index contributed by atoms with van der Waals surface area (Å²) in [4.78, 5) is 13.0. The molecule has 0 bridgehead atoms. The Kier molecular flexibility index (Phi) is 5.76. The highest BCUT2D eigenvalue weighted by Crippen LogP contribution is 2.45. The highest BCUT2D eigenvalue weighted by molar-refractivity contribution is 5.81. The van der Waals surface area contributed by atoms with Crippen LogP contribution >= 0.6 is 0 Å². The SMILES string of the molecule is O=C1N[C@H]2CCCC[C@@H]2[C@@H](c2ccccc2)[C@H]1CCCNc1ccccc1. The topological polar surface area (TPSA) is 41.1 Å². The van der Waals surface area contributed by atoms with Crippen LogP contribution in [-0.4, -0.2) is 18.5 Å². The number of hydrogen-bond acceptors (Lipinski definition) is 2. The second kappa shape index (κ2) is 8.60. The Labute approximate surface area is 162 Å². The Morgan fingerprint density at radius 2 is 1.63 bits per heavy atom.